The zero-order chi connectivity index (χ0) is 18.1. The lowest BCUT2D eigenvalue weighted by Gasteiger charge is -2.27. The second-order valence-electron chi connectivity index (χ2n) is 8.23. The maximum atomic E-state index is 11.1. The highest BCUT2D eigenvalue weighted by Gasteiger charge is 2.48. The van der Waals surface area contributed by atoms with E-state index in [0.717, 1.165) is 44.5 Å². The van der Waals surface area contributed by atoms with E-state index in [1.54, 1.807) is 12.1 Å². The quantitative estimate of drug-likeness (QED) is 0.818. The van der Waals surface area contributed by atoms with Crippen molar-refractivity contribution < 1.29 is 10.2 Å². The number of aliphatic hydroxyl groups is 1. The molecule has 0 bridgehead atoms. The van der Waals surface area contributed by atoms with E-state index in [1.807, 2.05) is 30.3 Å². The molecular formula is C22H26BNO2. The van der Waals surface area contributed by atoms with E-state index in [2.05, 4.69) is 17.0 Å². The highest BCUT2D eigenvalue weighted by molar-refractivity contribution is 6.12. The molecule has 4 atom stereocenters. The van der Waals surface area contributed by atoms with Gasteiger partial charge >= 0.3 is 0 Å². The van der Waals surface area contributed by atoms with Crippen molar-refractivity contribution in [1.82, 2.24) is 4.90 Å². The molecule has 2 unspecified atom stereocenters. The first kappa shape index (κ1) is 17.6. The highest BCUT2D eigenvalue weighted by atomic mass is 16.3. The number of likely N-dealkylation sites (tertiary alicyclic amines) is 1. The minimum absolute atomic E-state index is 0.0439. The van der Waals surface area contributed by atoms with Gasteiger partial charge < -0.3 is 15.1 Å². The van der Waals surface area contributed by atoms with Crippen LogP contribution in [0.25, 0.3) is 0 Å². The molecule has 2 aromatic rings. The third-order valence-electron chi connectivity index (χ3n) is 6.09. The van der Waals surface area contributed by atoms with Gasteiger partial charge in [-0.2, -0.15) is 0 Å². The van der Waals surface area contributed by atoms with Crippen LogP contribution in [-0.4, -0.2) is 48.2 Å². The summed E-state index contributed by atoms with van der Waals surface area (Å²) in [6, 6.07) is 17.5. The van der Waals surface area contributed by atoms with Crippen molar-refractivity contribution in [2.45, 2.75) is 30.7 Å². The summed E-state index contributed by atoms with van der Waals surface area (Å²) in [5.74, 6) is 1.36. The smallest absolute Gasteiger partial charge is 0.115 e. The molecule has 2 radical (unpaired) electrons. The van der Waals surface area contributed by atoms with Gasteiger partial charge in [0.25, 0.3) is 0 Å². The van der Waals surface area contributed by atoms with Crippen LogP contribution in [0.4, 0.5) is 0 Å². The van der Waals surface area contributed by atoms with Crippen molar-refractivity contribution in [3.8, 4) is 5.75 Å². The first-order valence-electron chi connectivity index (χ1n) is 9.54. The Morgan fingerprint density at radius 1 is 1.00 bits per heavy atom. The Labute approximate surface area is 157 Å². The fourth-order valence-corrected chi connectivity index (χ4v) is 4.93. The Morgan fingerprint density at radius 2 is 1.62 bits per heavy atom. The summed E-state index contributed by atoms with van der Waals surface area (Å²) in [7, 11) is 6.36. The average Bonchev–Trinajstić information content (AvgIpc) is 3.10. The van der Waals surface area contributed by atoms with Crippen LogP contribution in [0.3, 0.4) is 0 Å². The molecule has 3 nitrogen and oxygen atoms in total. The van der Waals surface area contributed by atoms with E-state index in [4.69, 9.17) is 7.85 Å². The molecule has 26 heavy (non-hydrogen) atoms. The molecule has 1 saturated heterocycles. The molecular weight excluding hydrogens is 321 g/mol. The van der Waals surface area contributed by atoms with E-state index >= 15 is 0 Å². The lowest BCUT2D eigenvalue weighted by atomic mass is 9.80. The van der Waals surface area contributed by atoms with Gasteiger partial charge in [-0.3, -0.25) is 0 Å². The first-order valence-corrected chi connectivity index (χ1v) is 9.54. The monoisotopic (exact) mass is 347 g/mol. The minimum atomic E-state index is -0.554. The molecule has 1 saturated carbocycles. The van der Waals surface area contributed by atoms with Crippen LogP contribution in [0, 0.1) is 11.8 Å². The number of phenols is 1. The van der Waals surface area contributed by atoms with Gasteiger partial charge in [0.05, 0.1) is 13.4 Å². The van der Waals surface area contributed by atoms with Crippen LogP contribution in [0.2, 0.25) is 0 Å². The number of nitrogens with zero attached hydrogens (tertiary/aromatic N) is 1. The molecule has 2 aliphatic rings. The lowest BCUT2D eigenvalue weighted by Crippen LogP contribution is -2.33. The second kappa shape index (κ2) is 7.09. The van der Waals surface area contributed by atoms with E-state index < -0.39 is 5.60 Å². The average molecular weight is 347 g/mol. The summed E-state index contributed by atoms with van der Waals surface area (Å²) in [4.78, 5) is 2.44. The van der Waals surface area contributed by atoms with Gasteiger partial charge in [0.15, 0.2) is 0 Å². The number of benzene rings is 2. The van der Waals surface area contributed by atoms with E-state index in [0.29, 0.717) is 11.8 Å². The van der Waals surface area contributed by atoms with Gasteiger partial charge in [0, 0.05) is 19.5 Å². The van der Waals surface area contributed by atoms with Crippen LogP contribution >= 0.6 is 0 Å². The molecule has 134 valence electrons. The van der Waals surface area contributed by atoms with Crippen LogP contribution in [0.1, 0.15) is 29.8 Å². The molecule has 1 heterocycles. The molecule has 0 aromatic heterocycles. The van der Waals surface area contributed by atoms with Crippen molar-refractivity contribution in [2.24, 2.45) is 11.8 Å². The Kier molecular flexibility index (Phi) is 4.81. The number of hydrogen-bond donors (Lipinski definition) is 2. The molecule has 1 aliphatic heterocycles. The maximum absolute atomic E-state index is 11.1. The summed E-state index contributed by atoms with van der Waals surface area (Å²) in [5.41, 5.74) is 1.73. The summed E-state index contributed by atoms with van der Waals surface area (Å²) >= 11 is 0. The number of fused-ring (bicyclic) bond motifs is 1. The number of rotatable bonds is 5. The molecule has 4 heteroatoms. The van der Waals surface area contributed by atoms with E-state index in [1.165, 1.54) is 5.56 Å². The van der Waals surface area contributed by atoms with E-state index in [-0.39, 0.29) is 11.6 Å². The zero-order valence-electron chi connectivity index (χ0n) is 15.1. The van der Waals surface area contributed by atoms with Crippen molar-refractivity contribution in [1.29, 1.82) is 0 Å². The second-order valence-corrected chi connectivity index (χ2v) is 8.23. The van der Waals surface area contributed by atoms with Crippen LogP contribution < -0.4 is 0 Å². The Balaban J connectivity index is 1.32. The molecule has 2 fully saturated rings. The predicted molar refractivity (Wildman–Crippen MR) is 104 cm³/mol. The summed E-state index contributed by atoms with van der Waals surface area (Å²) in [6.45, 7) is 2.87. The van der Waals surface area contributed by atoms with Crippen molar-refractivity contribution >= 4 is 7.85 Å². The van der Waals surface area contributed by atoms with Gasteiger partial charge in [0.1, 0.15) is 5.75 Å². The third kappa shape index (κ3) is 3.82. The largest absolute Gasteiger partial charge is 0.508 e. The van der Waals surface area contributed by atoms with Crippen LogP contribution in [-0.2, 0) is 6.42 Å². The molecule has 2 N–H and O–H groups in total. The lowest BCUT2D eigenvalue weighted by molar-refractivity contribution is 0.0355. The molecule has 1 aliphatic carbocycles. The van der Waals surface area contributed by atoms with Gasteiger partial charge in [0.2, 0.25) is 0 Å². The van der Waals surface area contributed by atoms with Crippen molar-refractivity contribution in [3.05, 3.63) is 65.7 Å². The summed E-state index contributed by atoms with van der Waals surface area (Å²) in [5, 5.41) is 20.5. The van der Waals surface area contributed by atoms with Crippen LogP contribution in [0.5, 0.6) is 5.75 Å². The Morgan fingerprint density at radius 3 is 2.23 bits per heavy atom. The number of hydrogen-bond acceptors (Lipinski definition) is 3. The van der Waals surface area contributed by atoms with Crippen molar-refractivity contribution in [2.75, 3.05) is 19.6 Å². The first-order chi connectivity index (χ1) is 12.5. The topological polar surface area (TPSA) is 43.7 Å². The molecule has 4 rings (SSSR count). The number of aromatic hydroxyl groups is 1. The molecule has 2 aromatic carbocycles. The normalized spacial score (nSPS) is 29.6. The van der Waals surface area contributed by atoms with E-state index in [9.17, 15) is 10.2 Å². The Hall–Kier alpha value is -1.78. The minimum Gasteiger partial charge on any atom is -0.508 e. The SMILES string of the molecule is [B]C(CN1C[C@@H]2CC(O)(Cc3ccccc3)C[C@@H]2C1)c1ccc(O)cc1. The fourth-order valence-electron chi connectivity index (χ4n) is 4.93. The van der Waals surface area contributed by atoms with Gasteiger partial charge in [-0.1, -0.05) is 48.0 Å². The summed E-state index contributed by atoms with van der Waals surface area (Å²) in [6.07, 6.45) is 2.53. The van der Waals surface area contributed by atoms with Gasteiger partial charge in [-0.05, 0) is 54.7 Å². The van der Waals surface area contributed by atoms with Crippen molar-refractivity contribution in [3.63, 3.8) is 0 Å². The zero-order valence-corrected chi connectivity index (χ0v) is 15.1. The summed E-state index contributed by atoms with van der Waals surface area (Å²) < 4.78 is 0. The highest BCUT2D eigenvalue weighted by Crippen LogP contribution is 2.45. The predicted octanol–water partition coefficient (Wildman–Crippen LogP) is 2.92. The number of phenolic OH excluding ortho intramolecular Hbond substituents is 1. The third-order valence-corrected chi connectivity index (χ3v) is 6.09. The Bertz CT molecular complexity index is 720. The standard InChI is InChI=1S/C22H26BNO2/c23-21(17-6-8-20(25)9-7-17)15-24-13-18-11-22(26,12-19(18)14-24)10-16-4-2-1-3-5-16/h1-9,18-19,21,25-26H,10-15H2/t18-,19+,21?,22?. The molecule has 0 spiro atoms. The van der Waals surface area contributed by atoms with Gasteiger partial charge in [-0.25, -0.2) is 0 Å². The fraction of sp³-hybridized carbons (Fsp3) is 0.455. The maximum Gasteiger partial charge on any atom is 0.115 e. The molecule has 0 amide bonds. The van der Waals surface area contributed by atoms with Crippen LogP contribution in [0.15, 0.2) is 54.6 Å². The van der Waals surface area contributed by atoms with Gasteiger partial charge in [-0.15, -0.1) is 0 Å².